The van der Waals surface area contributed by atoms with Gasteiger partial charge in [-0.25, -0.2) is 4.98 Å². The summed E-state index contributed by atoms with van der Waals surface area (Å²) < 4.78 is 5.89. The minimum Gasteiger partial charge on any atom is -0.440 e. The van der Waals surface area contributed by atoms with E-state index in [9.17, 15) is 0 Å². The molecule has 0 aliphatic carbocycles. The number of nitrogens with zero attached hydrogens (tertiary/aromatic N) is 5. The molecule has 1 aliphatic rings. The molecule has 3 aromatic rings. The maximum Gasteiger partial charge on any atom is 0.244 e. The van der Waals surface area contributed by atoms with Crippen LogP contribution in [-0.2, 0) is 6.54 Å². The molecule has 0 spiro atoms. The van der Waals surface area contributed by atoms with E-state index in [1.165, 1.54) is 0 Å². The molecule has 0 amide bonds. The van der Waals surface area contributed by atoms with Gasteiger partial charge < -0.3 is 9.32 Å². The zero-order valence-electron chi connectivity index (χ0n) is 13.6. The third-order valence-corrected chi connectivity index (χ3v) is 4.19. The topological polar surface area (TPSA) is 74.1 Å². The lowest BCUT2D eigenvalue weighted by Gasteiger charge is -2.33. The van der Waals surface area contributed by atoms with E-state index in [4.69, 9.17) is 4.42 Å². The van der Waals surface area contributed by atoms with E-state index in [0.717, 1.165) is 55.8 Å². The molecule has 1 N–H and O–H groups in total. The second-order valence-electron chi connectivity index (χ2n) is 5.98. The molecule has 3 heterocycles. The van der Waals surface area contributed by atoms with Crippen molar-refractivity contribution in [3.63, 3.8) is 0 Å². The lowest BCUT2D eigenvalue weighted by atomic mass is 10.2. The maximum atomic E-state index is 5.89. The Bertz CT molecular complexity index is 788. The number of benzene rings is 1. The highest BCUT2D eigenvalue weighted by atomic mass is 16.4. The van der Waals surface area contributed by atoms with Gasteiger partial charge in [-0.3, -0.25) is 10.00 Å². The fourth-order valence-electron chi connectivity index (χ4n) is 2.89. The van der Waals surface area contributed by atoms with Crippen LogP contribution in [0.15, 0.2) is 40.9 Å². The number of hydrogen-bond acceptors (Lipinski definition) is 6. The number of nitrogens with one attached hydrogen (secondary N) is 1. The Labute approximate surface area is 140 Å². The van der Waals surface area contributed by atoms with Crippen LogP contribution >= 0.6 is 0 Å². The minimum absolute atomic E-state index is 0.681. The summed E-state index contributed by atoms with van der Waals surface area (Å²) in [5.74, 6) is 3.22. The maximum absolute atomic E-state index is 5.89. The summed E-state index contributed by atoms with van der Waals surface area (Å²) in [5.41, 5.74) is 1.01. The zero-order valence-corrected chi connectivity index (χ0v) is 13.6. The summed E-state index contributed by atoms with van der Waals surface area (Å²) in [4.78, 5) is 13.4. The van der Waals surface area contributed by atoms with Gasteiger partial charge in [0.2, 0.25) is 11.8 Å². The third-order valence-electron chi connectivity index (χ3n) is 4.19. The molecule has 0 atom stereocenters. The highest BCUT2D eigenvalue weighted by molar-refractivity contribution is 5.52. The Balaban J connectivity index is 1.35. The summed E-state index contributed by atoms with van der Waals surface area (Å²) >= 11 is 0. The Morgan fingerprint density at radius 1 is 1.12 bits per heavy atom. The van der Waals surface area contributed by atoms with Gasteiger partial charge in [-0.05, 0) is 19.1 Å². The molecule has 2 aromatic heterocycles. The molecule has 124 valence electrons. The first-order chi connectivity index (χ1) is 11.8. The molecule has 1 aromatic carbocycles. The predicted octanol–water partition coefficient (Wildman–Crippen LogP) is 2.09. The molecule has 1 aliphatic heterocycles. The van der Waals surface area contributed by atoms with Crippen molar-refractivity contribution in [3.05, 3.63) is 48.1 Å². The van der Waals surface area contributed by atoms with Crippen LogP contribution in [0.4, 0.5) is 5.95 Å². The van der Waals surface area contributed by atoms with Gasteiger partial charge >= 0.3 is 0 Å². The molecule has 7 nitrogen and oxygen atoms in total. The van der Waals surface area contributed by atoms with Crippen LogP contribution in [0.3, 0.4) is 0 Å². The first-order valence-electron chi connectivity index (χ1n) is 8.14. The fourth-order valence-corrected chi connectivity index (χ4v) is 2.89. The Morgan fingerprint density at radius 2 is 1.92 bits per heavy atom. The molecule has 1 saturated heterocycles. The van der Waals surface area contributed by atoms with E-state index in [1.54, 1.807) is 0 Å². The van der Waals surface area contributed by atoms with Gasteiger partial charge in [-0.1, -0.05) is 18.2 Å². The summed E-state index contributed by atoms with van der Waals surface area (Å²) in [6.07, 6.45) is 1.83. The van der Waals surface area contributed by atoms with Gasteiger partial charge in [0.05, 0.1) is 12.7 Å². The molecular weight excluding hydrogens is 304 g/mol. The van der Waals surface area contributed by atoms with Crippen molar-refractivity contribution < 1.29 is 4.42 Å². The predicted molar refractivity (Wildman–Crippen MR) is 90.5 cm³/mol. The SMILES string of the molecule is Cc1nc(N2CCN(Cc3cnc(-c4ccccc4)o3)CC2)n[nH]1. The monoisotopic (exact) mass is 324 g/mol. The standard InChI is InChI=1S/C17H20N6O/c1-13-19-17(21-20-13)23-9-7-22(8-10-23)12-15-11-18-16(24-15)14-5-3-2-4-6-14/h2-6,11H,7-10,12H2,1H3,(H,19,20,21). The molecule has 7 heteroatoms. The van der Waals surface area contributed by atoms with Crippen molar-refractivity contribution in [2.45, 2.75) is 13.5 Å². The van der Waals surface area contributed by atoms with Gasteiger partial charge in [0.25, 0.3) is 0 Å². The van der Waals surface area contributed by atoms with Crippen LogP contribution in [0.1, 0.15) is 11.6 Å². The van der Waals surface area contributed by atoms with Crippen molar-refractivity contribution in [1.82, 2.24) is 25.1 Å². The number of anilines is 1. The summed E-state index contributed by atoms with van der Waals surface area (Å²) in [7, 11) is 0. The molecule has 0 saturated carbocycles. The van der Waals surface area contributed by atoms with Crippen LogP contribution in [0.2, 0.25) is 0 Å². The van der Waals surface area contributed by atoms with Crippen molar-refractivity contribution in [3.8, 4) is 11.5 Å². The average molecular weight is 324 g/mol. The van der Waals surface area contributed by atoms with Crippen molar-refractivity contribution in [2.75, 3.05) is 31.1 Å². The van der Waals surface area contributed by atoms with E-state index in [0.29, 0.717) is 5.89 Å². The third kappa shape index (κ3) is 3.16. The van der Waals surface area contributed by atoms with Crippen LogP contribution in [0.5, 0.6) is 0 Å². The Kier molecular flexibility index (Phi) is 4.00. The minimum atomic E-state index is 0.681. The van der Waals surface area contributed by atoms with Crippen molar-refractivity contribution in [1.29, 1.82) is 0 Å². The van der Waals surface area contributed by atoms with Gasteiger partial charge in [-0.2, -0.15) is 4.98 Å². The second kappa shape index (κ2) is 6.45. The summed E-state index contributed by atoms with van der Waals surface area (Å²) in [6.45, 7) is 6.43. The molecule has 0 radical (unpaired) electrons. The van der Waals surface area contributed by atoms with E-state index in [1.807, 2.05) is 43.5 Å². The van der Waals surface area contributed by atoms with Crippen molar-refractivity contribution >= 4 is 5.95 Å². The fraction of sp³-hybridized carbons (Fsp3) is 0.353. The molecule has 24 heavy (non-hydrogen) atoms. The lowest BCUT2D eigenvalue weighted by Crippen LogP contribution is -2.46. The average Bonchev–Trinajstić information content (AvgIpc) is 3.26. The van der Waals surface area contributed by atoms with E-state index < -0.39 is 0 Å². The number of aryl methyl sites for hydroxylation is 1. The van der Waals surface area contributed by atoms with E-state index in [-0.39, 0.29) is 0 Å². The highest BCUT2D eigenvalue weighted by Crippen LogP contribution is 2.20. The molecule has 0 unspecified atom stereocenters. The Morgan fingerprint density at radius 3 is 2.62 bits per heavy atom. The number of hydrogen-bond donors (Lipinski definition) is 1. The van der Waals surface area contributed by atoms with Crippen LogP contribution in [0.25, 0.3) is 11.5 Å². The van der Waals surface area contributed by atoms with Gasteiger partial charge in [0.1, 0.15) is 11.6 Å². The van der Waals surface area contributed by atoms with Crippen molar-refractivity contribution in [2.24, 2.45) is 0 Å². The molecule has 1 fully saturated rings. The summed E-state index contributed by atoms with van der Waals surface area (Å²) in [5, 5.41) is 7.12. The van der Waals surface area contributed by atoms with Crippen LogP contribution in [-0.4, -0.2) is 51.2 Å². The van der Waals surface area contributed by atoms with E-state index >= 15 is 0 Å². The number of piperazine rings is 1. The Hall–Kier alpha value is -2.67. The van der Waals surface area contributed by atoms with Gasteiger partial charge in [0, 0.05) is 31.7 Å². The first-order valence-corrected chi connectivity index (χ1v) is 8.14. The second-order valence-corrected chi connectivity index (χ2v) is 5.98. The smallest absolute Gasteiger partial charge is 0.244 e. The number of oxazole rings is 1. The molecule has 4 rings (SSSR count). The quantitative estimate of drug-likeness (QED) is 0.792. The van der Waals surface area contributed by atoms with Crippen LogP contribution in [0, 0.1) is 6.92 Å². The number of H-pyrrole nitrogens is 1. The van der Waals surface area contributed by atoms with E-state index in [2.05, 4.69) is 30.0 Å². The normalized spacial score (nSPS) is 15.8. The van der Waals surface area contributed by atoms with Gasteiger partial charge in [0.15, 0.2) is 0 Å². The number of aromatic nitrogens is 4. The van der Waals surface area contributed by atoms with Gasteiger partial charge in [-0.15, -0.1) is 5.10 Å². The van der Waals surface area contributed by atoms with Crippen LogP contribution < -0.4 is 4.90 Å². The first kappa shape index (κ1) is 14.9. The number of rotatable bonds is 4. The zero-order chi connectivity index (χ0) is 16.4. The summed E-state index contributed by atoms with van der Waals surface area (Å²) in [6, 6.07) is 9.98. The molecular formula is C17H20N6O. The largest absolute Gasteiger partial charge is 0.440 e. The number of aromatic amines is 1. The highest BCUT2D eigenvalue weighted by Gasteiger charge is 2.21. The lowest BCUT2D eigenvalue weighted by molar-refractivity contribution is 0.230. The molecule has 0 bridgehead atoms.